The second-order valence-corrected chi connectivity index (χ2v) is 6.02. The first-order chi connectivity index (χ1) is 10.0. The Labute approximate surface area is 131 Å². The van der Waals surface area contributed by atoms with Crippen molar-refractivity contribution in [2.45, 2.75) is 52.0 Å². The Balaban J connectivity index is 2.09. The molecule has 4 nitrogen and oxygen atoms in total. The normalized spacial score (nSPS) is 16.6. The average molecular weight is 310 g/mol. The molecular weight excluding hydrogens is 286 g/mol. The van der Waals surface area contributed by atoms with Crippen LogP contribution >= 0.6 is 11.6 Å². The summed E-state index contributed by atoms with van der Waals surface area (Å²) in [4.78, 5) is 14.4. The van der Waals surface area contributed by atoms with Gasteiger partial charge < -0.3 is 4.90 Å². The van der Waals surface area contributed by atoms with E-state index in [0.717, 1.165) is 30.6 Å². The molecule has 1 heterocycles. The molecule has 0 spiro atoms. The lowest BCUT2D eigenvalue weighted by molar-refractivity contribution is -0.128. The molecule has 2 rings (SSSR count). The highest BCUT2D eigenvalue weighted by molar-refractivity contribution is 6.31. The summed E-state index contributed by atoms with van der Waals surface area (Å²) in [5, 5.41) is 4.82. The van der Waals surface area contributed by atoms with Crippen LogP contribution in [0.25, 0.3) is 6.08 Å². The number of carbonyl (C=O) groups is 1. The largest absolute Gasteiger partial charge is 0.336 e. The predicted octanol–water partition coefficient (Wildman–Crippen LogP) is 3.58. The van der Waals surface area contributed by atoms with Gasteiger partial charge in [0, 0.05) is 31.3 Å². The van der Waals surface area contributed by atoms with Crippen molar-refractivity contribution in [3.05, 3.63) is 22.5 Å². The van der Waals surface area contributed by atoms with E-state index in [0.29, 0.717) is 11.2 Å². The zero-order valence-electron chi connectivity index (χ0n) is 13.1. The molecule has 0 unspecified atom stereocenters. The summed E-state index contributed by atoms with van der Waals surface area (Å²) in [7, 11) is 1.80. The first-order valence-corrected chi connectivity index (χ1v) is 8.10. The number of halogens is 1. The quantitative estimate of drug-likeness (QED) is 0.797. The Hall–Kier alpha value is -1.29. The third kappa shape index (κ3) is 3.67. The summed E-state index contributed by atoms with van der Waals surface area (Å²) in [5.74, 6) is 0.0729. The van der Waals surface area contributed by atoms with Gasteiger partial charge in [-0.25, -0.2) is 0 Å². The highest BCUT2D eigenvalue weighted by Gasteiger charge is 2.22. The highest BCUT2D eigenvalue weighted by Crippen LogP contribution is 2.24. The fraction of sp³-hybridized carbons (Fsp3) is 0.625. The van der Waals surface area contributed by atoms with E-state index >= 15 is 0 Å². The second kappa shape index (κ2) is 7.12. The molecule has 1 aliphatic rings. The third-order valence-corrected chi connectivity index (χ3v) is 4.68. The number of aryl methyl sites for hydroxylation is 2. The van der Waals surface area contributed by atoms with Crippen LogP contribution in [0, 0.1) is 6.92 Å². The molecule has 0 aromatic carbocycles. The Kier molecular flexibility index (Phi) is 5.45. The molecule has 0 N–H and O–H groups in total. The summed E-state index contributed by atoms with van der Waals surface area (Å²) in [6, 6.07) is 0.395. The van der Waals surface area contributed by atoms with Gasteiger partial charge in [0.25, 0.3) is 0 Å². The molecular formula is C16H24ClN3O. The molecule has 1 amide bonds. The molecule has 0 atom stereocenters. The lowest BCUT2D eigenvalue weighted by Crippen LogP contribution is -2.40. The summed E-state index contributed by atoms with van der Waals surface area (Å²) in [6.45, 7) is 4.70. The molecule has 5 heteroatoms. The van der Waals surface area contributed by atoms with Crippen LogP contribution in [0.3, 0.4) is 0 Å². The van der Waals surface area contributed by atoms with Crippen LogP contribution in [0.5, 0.6) is 0 Å². The minimum Gasteiger partial charge on any atom is -0.336 e. The van der Waals surface area contributed by atoms with E-state index in [9.17, 15) is 4.79 Å². The van der Waals surface area contributed by atoms with Crippen LogP contribution in [0.2, 0.25) is 5.15 Å². The summed E-state index contributed by atoms with van der Waals surface area (Å²) >= 11 is 6.18. The molecule has 21 heavy (non-hydrogen) atoms. The zero-order chi connectivity index (χ0) is 15.4. The monoisotopic (exact) mass is 309 g/mol. The number of aromatic nitrogens is 2. The van der Waals surface area contributed by atoms with Gasteiger partial charge in [0.05, 0.1) is 5.69 Å². The van der Waals surface area contributed by atoms with Gasteiger partial charge in [-0.15, -0.1) is 0 Å². The van der Waals surface area contributed by atoms with Gasteiger partial charge in [-0.3, -0.25) is 9.48 Å². The standard InChI is InChI=1S/C16H24ClN3O/c1-4-20(13-8-6-5-7-9-13)15(21)11-10-14-12(2)18-19(3)16(14)17/h10-11,13H,4-9H2,1-3H3/b11-10+. The van der Waals surface area contributed by atoms with Gasteiger partial charge in [-0.05, 0) is 32.8 Å². The number of carbonyl (C=O) groups excluding carboxylic acids is 1. The number of hydrogen-bond donors (Lipinski definition) is 0. The van der Waals surface area contributed by atoms with Crippen molar-refractivity contribution in [1.29, 1.82) is 0 Å². The van der Waals surface area contributed by atoms with Crippen LogP contribution in [-0.4, -0.2) is 33.2 Å². The first-order valence-electron chi connectivity index (χ1n) is 7.72. The minimum absolute atomic E-state index is 0.0729. The van der Waals surface area contributed by atoms with Crippen molar-refractivity contribution < 1.29 is 4.79 Å². The van der Waals surface area contributed by atoms with Crippen molar-refractivity contribution in [2.24, 2.45) is 7.05 Å². The number of rotatable bonds is 4. The van der Waals surface area contributed by atoms with Crippen molar-refractivity contribution in [3.63, 3.8) is 0 Å². The van der Waals surface area contributed by atoms with Gasteiger partial charge in [-0.2, -0.15) is 5.10 Å². The predicted molar refractivity (Wildman–Crippen MR) is 86.2 cm³/mol. The molecule has 1 fully saturated rings. The summed E-state index contributed by atoms with van der Waals surface area (Å²) < 4.78 is 1.62. The van der Waals surface area contributed by atoms with Gasteiger partial charge in [0.2, 0.25) is 5.91 Å². The number of likely N-dealkylation sites (N-methyl/N-ethyl adjacent to an activating group) is 1. The fourth-order valence-corrected chi connectivity index (χ4v) is 3.31. The Morgan fingerprint density at radius 2 is 2.10 bits per heavy atom. The maximum Gasteiger partial charge on any atom is 0.246 e. The number of nitrogens with zero attached hydrogens (tertiary/aromatic N) is 3. The highest BCUT2D eigenvalue weighted by atomic mass is 35.5. The summed E-state index contributed by atoms with van der Waals surface area (Å²) in [6.07, 6.45) is 9.42. The maximum atomic E-state index is 12.4. The fourth-order valence-electron chi connectivity index (χ4n) is 3.07. The molecule has 1 aliphatic carbocycles. The van der Waals surface area contributed by atoms with E-state index in [2.05, 4.69) is 5.10 Å². The molecule has 116 valence electrons. The third-order valence-electron chi connectivity index (χ3n) is 4.23. The molecule has 1 aromatic heterocycles. The molecule has 0 saturated heterocycles. The second-order valence-electron chi connectivity index (χ2n) is 5.66. The molecule has 0 aliphatic heterocycles. The molecule has 0 bridgehead atoms. The van der Waals surface area contributed by atoms with Gasteiger partial charge in [-0.1, -0.05) is 30.9 Å². The minimum atomic E-state index is 0.0729. The van der Waals surface area contributed by atoms with Crippen LogP contribution in [0.4, 0.5) is 0 Å². The van der Waals surface area contributed by atoms with E-state index in [1.807, 2.05) is 18.7 Å². The Bertz CT molecular complexity index is 530. The smallest absolute Gasteiger partial charge is 0.246 e. The molecule has 1 aromatic rings. The molecule has 0 radical (unpaired) electrons. The van der Waals surface area contributed by atoms with Crippen LogP contribution in [0.15, 0.2) is 6.08 Å². The maximum absolute atomic E-state index is 12.4. The van der Waals surface area contributed by atoms with Crippen LogP contribution < -0.4 is 0 Å². The van der Waals surface area contributed by atoms with Crippen molar-refractivity contribution >= 4 is 23.6 Å². The van der Waals surface area contributed by atoms with Gasteiger partial charge in [0.15, 0.2) is 0 Å². The Morgan fingerprint density at radius 3 is 2.62 bits per heavy atom. The van der Waals surface area contributed by atoms with Gasteiger partial charge >= 0.3 is 0 Å². The Morgan fingerprint density at radius 1 is 1.43 bits per heavy atom. The lowest BCUT2D eigenvalue weighted by Gasteiger charge is -2.32. The first kappa shape index (κ1) is 16.1. The van der Waals surface area contributed by atoms with E-state index in [1.54, 1.807) is 23.9 Å². The van der Waals surface area contributed by atoms with E-state index < -0.39 is 0 Å². The SMILES string of the molecule is CCN(C(=O)/C=C/c1c(C)nn(C)c1Cl)C1CCCCC1. The van der Waals surface area contributed by atoms with Gasteiger partial charge in [0.1, 0.15) is 5.15 Å². The summed E-state index contributed by atoms with van der Waals surface area (Å²) in [5.41, 5.74) is 1.67. The number of amides is 1. The topological polar surface area (TPSA) is 38.1 Å². The van der Waals surface area contributed by atoms with Crippen molar-refractivity contribution in [2.75, 3.05) is 6.54 Å². The number of hydrogen-bond acceptors (Lipinski definition) is 2. The van der Waals surface area contributed by atoms with Crippen LogP contribution in [0.1, 0.15) is 50.3 Å². The van der Waals surface area contributed by atoms with E-state index in [4.69, 9.17) is 11.6 Å². The van der Waals surface area contributed by atoms with E-state index in [-0.39, 0.29) is 5.91 Å². The lowest BCUT2D eigenvalue weighted by atomic mass is 9.94. The zero-order valence-corrected chi connectivity index (χ0v) is 13.9. The van der Waals surface area contributed by atoms with Crippen molar-refractivity contribution in [1.82, 2.24) is 14.7 Å². The van der Waals surface area contributed by atoms with Crippen molar-refractivity contribution in [3.8, 4) is 0 Å². The van der Waals surface area contributed by atoms with E-state index in [1.165, 1.54) is 19.3 Å². The average Bonchev–Trinajstić information content (AvgIpc) is 2.72. The molecule has 1 saturated carbocycles. The van der Waals surface area contributed by atoms with Crippen LogP contribution in [-0.2, 0) is 11.8 Å².